The Bertz CT molecular complexity index is 250. The van der Waals surface area contributed by atoms with Gasteiger partial charge in [0.15, 0.2) is 0 Å². The predicted molar refractivity (Wildman–Crippen MR) is 68.9 cm³/mol. The number of urea groups is 1. The summed E-state index contributed by atoms with van der Waals surface area (Å²) in [7, 11) is 0. The monoisotopic (exact) mass is 240 g/mol. The first-order chi connectivity index (χ1) is 8.13. The molecule has 0 aliphatic carbocycles. The van der Waals surface area contributed by atoms with Crippen LogP contribution >= 0.6 is 0 Å². The standard InChI is InChI=1S/C13H24N2O2/c1-4-5-10(2)14-13(16)15-11(3)12-6-8-17-9-7-12/h4,10-12H,1,5-9H2,2-3H3,(H2,14,15,16)/t10-,11+/m0/s1. The highest BCUT2D eigenvalue weighted by atomic mass is 16.5. The summed E-state index contributed by atoms with van der Waals surface area (Å²) in [6, 6.07) is 0.252. The van der Waals surface area contributed by atoms with Gasteiger partial charge in [-0.25, -0.2) is 4.79 Å². The summed E-state index contributed by atoms with van der Waals surface area (Å²) in [5.41, 5.74) is 0. The third-order valence-electron chi connectivity index (χ3n) is 3.23. The van der Waals surface area contributed by atoms with Crippen LogP contribution in [0.5, 0.6) is 0 Å². The van der Waals surface area contributed by atoms with Crippen LogP contribution in [-0.2, 0) is 4.74 Å². The molecule has 0 aromatic heterocycles. The number of hydrogen-bond donors (Lipinski definition) is 2. The van der Waals surface area contributed by atoms with Crippen LogP contribution in [0.2, 0.25) is 0 Å². The summed E-state index contributed by atoms with van der Waals surface area (Å²) < 4.78 is 5.31. The van der Waals surface area contributed by atoms with Crippen LogP contribution in [0, 0.1) is 5.92 Å². The van der Waals surface area contributed by atoms with Gasteiger partial charge in [0.05, 0.1) is 0 Å². The Hall–Kier alpha value is -1.03. The van der Waals surface area contributed by atoms with Crippen molar-refractivity contribution in [2.45, 2.75) is 45.2 Å². The van der Waals surface area contributed by atoms with Gasteiger partial charge in [-0.05, 0) is 39.0 Å². The minimum absolute atomic E-state index is 0.0849. The SMILES string of the molecule is C=CC[C@H](C)NC(=O)N[C@H](C)C1CCOCC1. The molecule has 0 unspecified atom stereocenters. The van der Waals surface area contributed by atoms with Crippen molar-refractivity contribution < 1.29 is 9.53 Å². The normalized spacial score (nSPS) is 20.4. The van der Waals surface area contributed by atoms with Gasteiger partial charge in [-0.2, -0.15) is 0 Å². The summed E-state index contributed by atoms with van der Waals surface area (Å²) >= 11 is 0. The summed E-state index contributed by atoms with van der Waals surface area (Å²) in [6.07, 6.45) is 4.67. The largest absolute Gasteiger partial charge is 0.381 e. The first-order valence-corrected chi connectivity index (χ1v) is 6.39. The molecule has 1 rings (SSSR count). The van der Waals surface area contributed by atoms with Crippen molar-refractivity contribution in [1.82, 2.24) is 10.6 Å². The Morgan fingerprint density at radius 1 is 1.41 bits per heavy atom. The summed E-state index contributed by atoms with van der Waals surface area (Å²) in [4.78, 5) is 11.7. The van der Waals surface area contributed by atoms with Crippen molar-refractivity contribution in [2.75, 3.05) is 13.2 Å². The number of nitrogens with one attached hydrogen (secondary N) is 2. The molecule has 1 fully saturated rings. The van der Waals surface area contributed by atoms with Gasteiger partial charge >= 0.3 is 6.03 Å². The lowest BCUT2D eigenvalue weighted by molar-refractivity contribution is 0.0570. The molecule has 98 valence electrons. The molecular formula is C13H24N2O2. The zero-order valence-corrected chi connectivity index (χ0v) is 10.9. The fraction of sp³-hybridized carbons (Fsp3) is 0.769. The van der Waals surface area contributed by atoms with Gasteiger partial charge in [0.2, 0.25) is 0 Å². The number of hydrogen-bond acceptors (Lipinski definition) is 2. The third-order valence-corrected chi connectivity index (χ3v) is 3.23. The number of amides is 2. The Morgan fingerprint density at radius 3 is 2.65 bits per heavy atom. The second kappa shape index (κ2) is 7.33. The molecule has 1 aliphatic rings. The lowest BCUT2D eigenvalue weighted by Crippen LogP contribution is -2.47. The molecule has 2 amide bonds. The first kappa shape index (κ1) is 14.0. The lowest BCUT2D eigenvalue weighted by Gasteiger charge is -2.28. The van der Waals surface area contributed by atoms with Crippen LogP contribution in [0.15, 0.2) is 12.7 Å². The number of ether oxygens (including phenoxy) is 1. The van der Waals surface area contributed by atoms with E-state index in [1.807, 2.05) is 13.0 Å². The molecule has 17 heavy (non-hydrogen) atoms. The molecule has 0 spiro atoms. The Balaban J connectivity index is 2.26. The molecule has 0 aromatic rings. The zero-order chi connectivity index (χ0) is 12.7. The minimum Gasteiger partial charge on any atom is -0.381 e. The maximum Gasteiger partial charge on any atom is 0.315 e. The van der Waals surface area contributed by atoms with Crippen LogP contribution < -0.4 is 10.6 Å². The van der Waals surface area contributed by atoms with Crippen molar-refractivity contribution in [1.29, 1.82) is 0 Å². The molecule has 0 radical (unpaired) electrons. The van der Waals surface area contributed by atoms with Gasteiger partial charge in [0, 0.05) is 25.3 Å². The van der Waals surface area contributed by atoms with Gasteiger partial charge in [-0.3, -0.25) is 0 Å². The molecule has 0 bridgehead atoms. The van der Waals surface area contributed by atoms with Gasteiger partial charge in [0.1, 0.15) is 0 Å². The summed E-state index contributed by atoms with van der Waals surface area (Å²) in [5, 5.41) is 5.90. The van der Waals surface area contributed by atoms with Crippen LogP contribution in [-0.4, -0.2) is 31.3 Å². The van der Waals surface area contributed by atoms with E-state index in [4.69, 9.17) is 4.74 Å². The molecule has 1 saturated heterocycles. The van der Waals surface area contributed by atoms with E-state index in [0.717, 1.165) is 32.5 Å². The van der Waals surface area contributed by atoms with Crippen molar-refractivity contribution in [3.63, 3.8) is 0 Å². The van der Waals surface area contributed by atoms with Crippen molar-refractivity contribution in [3.05, 3.63) is 12.7 Å². The summed E-state index contributed by atoms with van der Waals surface area (Å²) in [5.74, 6) is 0.532. The van der Waals surface area contributed by atoms with Crippen LogP contribution in [0.4, 0.5) is 4.79 Å². The predicted octanol–water partition coefficient (Wildman–Crippen LogP) is 2.07. The van der Waals surface area contributed by atoms with E-state index in [1.165, 1.54) is 0 Å². The van der Waals surface area contributed by atoms with E-state index >= 15 is 0 Å². The molecule has 4 nitrogen and oxygen atoms in total. The van der Waals surface area contributed by atoms with Crippen LogP contribution in [0.1, 0.15) is 33.1 Å². The molecule has 2 N–H and O–H groups in total. The Morgan fingerprint density at radius 2 is 2.06 bits per heavy atom. The molecule has 0 saturated carbocycles. The second-order valence-electron chi connectivity index (χ2n) is 4.78. The maximum absolute atomic E-state index is 11.7. The van der Waals surface area contributed by atoms with Gasteiger partial charge in [-0.15, -0.1) is 6.58 Å². The highest BCUT2D eigenvalue weighted by molar-refractivity contribution is 5.74. The average molecular weight is 240 g/mol. The Kier molecular flexibility index (Phi) is 6.05. The van der Waals surface area contributed by atoms with Crippen molar-refractivity contribution in [2.24, 2.45) is 5.92 Å². The Labute approximate surface area is 104 Å². The molecule has 2 atom stereocenters. The molecule has 4 heteroatoms. The highest BCUT2D eigenvalue weighted by Gasteiger charge is 2.21. The fourth-order valence-electron chi connectivity index (χ4n) is 2.11. The lowest BCUT2D eigenvalue weighted by atomic mass is 9.93. The molecule has 1 heterocycles. The van der Waals surface area contributed by atoms with Crippen LogP contribution in [0.3, 0.4) is 0 Å². The van der Waals surface area contributed by atoms with E-state index < -0.39 is 0 Å². The zero-order valence-electron chi connectivity index (χ0n) is 10.9. The van der Waals surface area contributed by atoms with Crippen molar-refractivity contribution in [3.8, 4) is 0 Å². The van der Waals surface area contributed by atoms with Gasteiger partial charge in [-0.1, -0.05) is 6.08 Å². The van der Waals surface area contributed by atoms with E-state index in [2.05, 4.69) is 24.1 Å². The van der Waals surface area contributed by atoms with Crippen LogP contribution in [0.25, 0.3) is 0 Å². The first-order valence-electron chi connectivity index (χ1n) is 6.39. The van der Waals surface area contributed by atoms with E-state index in [1.54, 1.807) is 0 Å². The molecule has 0 aromatic carbocycles. The maximum atomic E-state index is 11.7. The average Bonchev–Trinajstić information content (AvgIpc) is 2.30. The molecular weight excluding hydrogens is 216 g/mol. The number of carbonyl (C=O) groups excluding carboxylic acids is 1. The number of rotatable bonds is 5. The highest BCUT2D eigenvalue weighted by Crippen LogP contribution is 2.18. The quantitative estimate of drug-likeness (QED) is 0.723. The van der Waals surface area contributed by atoms with Crippen molar-refractivity contribution >= 4 is 6.03 Å². The topological polar surface area (TPSA) is 50.4 Å². The van der Waals surface area contributed by atoms with Gasteiger partial charge in [0.25, 0.3) is 0 Å². The smallest absolute Gasteiger partial charge is 0.315 e. The van der Waals surface area contributed by atoms with E-state index in [-0.39, 0.29) is 18.1 Å². The fourth-order valence-corrected chi connectivity index (χ4v) is 2.11. The minimum atomic E-state index is -0.0849. The third kappa shape index (κ3) is 5.22. The van der Waals surface area contributed by atoms with E-state index in [0.29, 0.717) is 5.92 Å². The van der Waals surface area contributed by atoms with E-state index in [9.17, 15) is 4.79 Å². The second-order valence-corrected chi connectivity index (χ2v) is 4.78. The number of carbonyl (C=O) groups is 1. The summed E-state index contributed by atoms with van der Waals surface area (Å²) in [6.45, 7) is 9.31. The van der Waals surface area contributed by atoms with Gasteiger partial charge < -0.3 is 15.4 Å². The molecule has 1 aliphatic heterocycles.